The molecule has 1 fully saturated rings. The molecule has 5 heteroatoms. The van der Waals surface area contributed by atoms with E-state index in [-0.39, 0.29) is 5.91 Å². The predicted octanol–water partition coefficient (Wildman–Crippen LogP) is 2.42. The van der Waals surface area contributed by atoms with E-state index in [4.69, 9.17) is 17.5 Å². The summed E-state index contributed by atoms with van der Waals surface area (Å²) in [6.45, 7) is 2.72. The van der Waals surface area contributed by atoms with Gasteiger partial charge in [-0.05, 0) is 42.4 Å². The van der Waals surface area contributed by atoms with Crippen molar-refractivity contribution in [3.63, 3.8) is 0 Å². The summed E-state index contributed by atoms with van der Waals surface area (Å²) in [6, 6.07) is 9.11. The fourth-order valence-electron chi connectivity index (χ4n) is 1.91. The van der Waals surface area contributed by atoms with Gasteiger partial charge in [0.05, 0.1) is 11.6 Å². The standard InChI is InChI=1S/C15H15N3OS/c1-2-3-8-18-14(19)13(17-15(18)20)9-11-4-6-12(10-16)7-5-11/h4-7,9H,2-3,8H2,1H3,(H,17,20)/b13-9-. The van der Waals surface area contributed by atoms with E-state index in [1.54, 1.807) is 35.2 Å². The van der Waals surface area contributed by atoms with Crippen LogP contribution >= 0.6 is 12.2 Å². The molecule has 2 rings (SSSR count). The molecule has 0 aliphatic carbocycles. The second-order valence-electron chi connectivity index (χ2n) is 4.53. The van der Waals surface area contributed by atoms with Gasteiger partial charge in [0.25, 0.3) is 5.91 Å². The maximum atomic E-state index is 12.2. The minimum atomic E-state index is -0.0900. The molecule has 1 aliphatic rings. The second-order valence-corrected chi connectivity index (χ2v) is 4.92. The van der Waals surface area contributed by atoms with Gasteiger partial charge in [0.2, 0.25) is 0 Å². The van der Waals surface area contributed by atoms with Crippen molar-refractivity contribution in [1.29, 1.82) is 5.26 Å². The SMILES string of the molecule is CCCCN1C(=O)/C(=C/c2ccc(C#N)cc2)NC1=S. The molecule has 0 spiro atoms. The maximum absolute atomic E-state index is 12.2. The lowest BCUT2D eigenvalue weighted by Gasteiger charge is -2.12. The van der Waals surface area contributed by atoms with Crippen LogP contribution in [-0.2, 0) is 4.79 Å². The van der Waals surface area contributed by atoms with Gasteiger partial charge < -0.3 is 5.32 Å². The highest BCUT2D eigenvalue weighted by molar-refractivity contribution is 7.80. The van der Waals surface area contributed by atoms with E-state index in [0.717, 1.165) is 18.4 Å². The first-order valence-electron chi connectivity index (χ1n) is 6.50. The van der Waals surface area contributed by atoms with Crippen LogP contribution in [0, 0.1) is 11.3 Å². The van der Waals surface area contributed by atoms with Crippen LogP contribution < -0.4 is 5.32 Å². The Morgan fingerprint density at radius 1 is 1.40 bits per heavy atom. The summed E-state index contributed by atoms with van der Waals surface area (Å²) < 4.78 is 0. The number of unbranched alkanes of at least 4 members (excludes halogenated alkanes) is 1. The Morgan fingerprint density at radius 3 is 2.70 bits per heavy atom. The molecule has 0 radical (unpaired) electrons. The quantitative estimate of drug-likeness (QED) is 0.682. The van der Waals surface area contributed by atoms with Crippen molar-refractivity contribution < 1.29 is 4.79 Å². The van der Waals surface area contributed by atoms with Crippen molar-refractivity contribution in [2.75, 3.05) is 6.54 Å². The number of nitriles is 1. The normalized spacial score (nSPS) is 16.4. The lowest BCUT2D eigenvalue weighted by atomic mass is 10.1. The highest BCUT2D eigenvalue weighted by Gasteiger charge is 2.29. The zero-order chi connectivity index (χ0) is 14.5. The van der Waals surface area contributed by atoms with Gasteiger partial charge in [-0.1, -0.05) is 25.5 Å². The number of hydrogen-bond donors (Lipinski definition) is 1. The lowest BCUT2D eigenvalue weighted by Crippen LogP contribution is -2.31. The Morgan fingerprint density at radius 2 is 2.10 bits per heavy atom. The van der Waals surface area contributed by atoms with Crippen molar-refractivity contribution in [3.05, 3.63) is 41.1 Å². The van der Waals surface area contributed by atoms with Gasteiger partial charge in [0.15, 0.2) is 5.11 Å². The molecule has 1 aliphatic heterocycles. The predicted molar refractivity (Wildman–Crippen MR) is 81.5 cm³/mol. The van der Waals surface area contributed by atoms with Crippen LogP contribution in [0.4, 0.5) is 0 Å². The van der Waals surface area contributed by atoms with Gasteiger partial charge in [-0.25, -0.2) is 0 Å². The molecule has 4 nitrogen and oxygen atoms in total. The van der Waals surface area contributed by atoms with Gasteiger partial charge in [-0.2, -0.15) is 5.26 Å². The summed E-state index contributed by atoms with van der Waals surface area (Å²) in [6.07, 6.45) is 3.69. The fraction of sp³-hybridized carbons (Fsp3) is 0.267. The third kappa shape index (κ3) is 3.03. The van der Waals surface area contributed by atoms with Crippen molar-refractivity contribution in [2.24, 2.45) is 0 Å². The molecule has 0 aromatic heterocycles. The van der Waals surface area contributed by atoms with Crippen molar-refractivity contribution in [2.45, 2.75) is 19.8 Å². The van der Waals surface area contributed by atoms with Crippen LogP contribution in [-0.4, -0.2) is 22.5 Å². The number of benzene rings is 1. The van der Waals surface area contributed by atoms with Crippen molar-refractivity contribution >= 4 is 29.3 Å². The molecular formula is C15H15N3OS. The zero-order valence-electron chi connectivity index (χ0n) is 11.2. The van der Waals surface area contributed by atoms with Gasteiger partial charge in [-0.15, -0.1) is 0 Å². The van der Waals surface area contributed by atoms with E-state index >= 15 is 0 Å². The van der Waals surface area contributed by atoms with Gasteiger partial charge in [-0.3, -0.25) is 9.69 Å². The maximum Gasteiger partial charge on any atom is 0.276 e. The van der Waals surface area contributed by atoms with E-state index < -0.39 is 0 Å². The van der Waals surface area contributed by atoms with E-state index in [1.165, 1.54) is 0 Å². The first-order chi connectivity index (χ1) is 9.65. The summed E-state index contributed by atoms with van der Waals surface area (Å²) in [5.41, 5.74) is 1.94. The molecule has 1 N–H and O–H groups in total. The van der Waals surface area contributed by atoms with Crippen molar-refractivity contribution in [1.82, 2.24) is 10.2 Å². The third-order valence-corrected chi connectivity index (χ3v) is 3.37. The minimum Gasteiger partial charge on any atom is -0.328 e. The van der Waals surface area contributed by atoms with Crippen LogP contribution in [0.3, 0.4) is 0 Å². The van der Waals surface area contributed by atoms with Gasteiger partial charge in [0.1, 0.15) is 5.70 Å². The molecule has 1 heterocycles. The molecule has 102 valence electrons. The molecule has 0 atom stereocenters. The van der Waals surface area contributed by atoms with E-state index in [0.29, 0.717) is 22.9 Å². The Hall–Kier alpha value is -2.19. The molecule has 0 saturated carbocycles. The lowest BCUT2D eigenvalue weighted by molar-refractivity contribution is -0.122. The van der Waals surface area contributed by atoms with Gasteiger partial charge >= 0.3 is 0 Å². The molecule has 1 aromatic rings. The summed E-state index contributed by atoms with van der Waals surface area (Å²) in [7, 11) is 0. The fourth-order valence-corrected chi connectivity index (χ4v) is 2.20. The Kier molecular flexibility index (Phi) is 4.49. The molecule has 1 aromatic carbocycles. The molecule has 20 heavy (non-hydrogen) atoms. The zero-order valence-corrected chi connectivity index (χ0v) is 12.0. The topological polar surface area (TPSA) is 56.1 Å². The summed E-state index contributed by atoms with van der Waals surface area (Å²) >= 11 is 5.17. The van der Waals surface area contributed by atoms with Gasteiger partial charge in [0, 0.05) is 6.54 Å². The Labute approximate surface area is 123 Å². The number of carbonyl (C=O) groups excluding carboxylic acids is 1. The number of thiocarbonyl (C=S) groups is 1. The van der Waals surface area contributed by atoms with Crippen LogP contribution in [0.15, 0.2) is 30.0 Å². The number of hydrogen-bond acceptors (Lipinski definition) is 3. The monoisotopic (exact) mass is 285 g/mol. The first kappa shape index (κ1) is 14.2. The minimum absolute atomic E-state index is 0.0900. The Bertz CT molecular complexity index is 599. The molecule has 0 unspecified atom stereocenters. The largest absolute Gasteiger partial charge is 0.328 e. The van der Waals surface area contributed by atoms with E-state index in [2.05, 4.69) is 18.3 Å². The smallest absolute Gasteiger partial charge is 0.276 e. The van der Waals surface area contributed by atoms with Crippen molar-refractivity contribution in [3.8, 4) is 6.07 Å². The van der Waals surface area contributed by atoms with Crippen LogP contribution in [0.1, 0.15) is 30.9 Å². The first-order valence-corrected chi connectivity index (χ1v) is 6.91. The Balaban J connectivity index is 2.16. The van der Waals surface area contributed by atoms with E-state index in [1.807, 2.05) is 0 Å². The average Bonchev–Trinajstić information content (AvgIpc) is 2.72. The highest BCUT2D eigenvalue weighted by atomic mass is 32.1. The molecule has 1 saturated heterocycles. The third-order valence-electron chi connectivity index (χ3n) is 3.05. The summed E-state index contributed by atoms with van der Waals surface area (Å²) in [4.78, 5) is 13.8. The van der Waals surface area contributed by atoms with E-state index in [9.17, 15) is 4.79 Å². The second kappa shape index (κ2) is 6.31. The van der Waals surface area contributed by atoms with Crippen LogP contribution in [0.25, 0.3) is 6.08 Å². The average molecular weight is 285 g/mol. The molecule has 1 amide bonds. The number of amides is 1. The van der Waals surface area contributed by atoms with Crippen LogP contribution in [0.5, 0.6) is 0 Å². The summed E-state index contributed by atoms with van der Waals surface area (Å²) in [5.74, 6) is -0.0900. The number of carbonyl (C=O) groups is 1. The molecular weight excluding hydrogens is 270 g/mol. The summed E-state index contributed by atoms with van der Waals surface area (Å²) in [5, 5.41) is 12.2. The van der Waals surface area contributed by atoms with Crippen LogP contribution in [0.2, 0.25) is 0 Å². The highest BCUT2D eigenvalue weighted by Crippen LogP contribution is 2.15. The number of nitrogens with zero attached hydrogens (tertiary/aromatic N) is 2. The number of nitrogens with one attached hydrogen (secondary N) is 1. The number of rotatable bonds is 4. The molecule has 0 bridgehead atoms.